The second-order valence-corrected chi connectivity index (χ2v) is 6.19. The second-order valence-electron chi connectivity index (χ2n) is 6.19. The molecule has 3 rings (SSSR count). The van der Waals surface area contributed by atoms with Crippen LogP contribution in [-0.4, -0.2) is 33.4 Å². The van der Waals surface area contributed by atoms with Crippen LogP contribution in [0.2, 0.25) is 0 Å². The van der Waals surface area contributed by atoms with Crippen LogP contribution in [0.3, 0.4) is 0 Å². The Morgan fingerprint density at radius 1 is 1.32 bits per heavy atom. The molecule has 0 atom stereocenters. The fourth-order valence-corrected chi connectivity index (χ4v) is 3.06. The smallest absolute Gasteiger partial charge is 0.342 e. The van der Waals surface area contributed by atoms with E-state index in [0.29, 0.717) is 17.4 Å². The molecule has 0 radical (unpaired) electrons. The number of hydrogen-bond acceptors (Lipinski definition) is 5. The summed E-state index contributed by atoms with van der Waals surface area (Å²) in [4.78, 5) is 24.1. The monoisotopic (exact) mass is 343 g/mol. The van der Waals surface area contributed by atoms with E-state index in [1.165, 1.54) is 6.07 Å². The molecule has 1 aromatic carbocycles. The molecule has 25 heavy (non-hydrogen) atoms. The van der Waals surface area contributed by atoms with Gasteiger partial charge in [-0.1, -0.05) is 25.0 Å². The topological polar surface area (TPSA) is 93.5 Å². The molecule has 0 saturated heterocycles. The Morgan fingerprint density at radius 3 is 2.84 bits per heavy atom. The van der Waals surface area contributed by atoms with Gasteiger partial charge in [0.1, 0.15) is 17.1 Å². The Morgan fingerprint density at radius 2 is 2.08 bits per heavy atom. The summed E-state index contributed by atoms with van der Waals surface area (Å²) < 4.78 is 6.82. The SMILES string of the molecule is Cc1cccc(C(=O)OCC(=O)Nc2ccnn2C2CCCC2)c1O. The maximum atomic E-state index is 12.1. The highest BCUT2D eigenvalue weighted by Crippen LogP contribution is 2.31. The number of rotatable bonds is 5. The lowest BCUT2D eigenvalue weighted by Crippen LogP contribution is -2.23. The van der Waals surface area contributed by atoms with Crippen LogP contribution in [0.1, 0.15) is 47.6 Å². The van der Waals surface area contributed by atoms with E-state index < -0.39 is 18.5 Å². The van der Waals surface area contributed by atoms with Crippen LogP contribution in [0.25, 0.3) is 0 Å². The number of hydrogen-bond donors (Lipinski definition) is 2. The van der Waals surface area contributed by atoms with E-state index >= 15 is 0 Å². The molecule has 0 aliphatic heterocycles. The number of ether oxygens (including phenoxy) is 1. The molecule has 1 aliphatic rings. The van der Waals surface area contributed by atoms with Crippen molar-refractivity contribution in [2.45, 2.75) is 38.6 Å². The van der Waals surface area contributed by atoms with Crippen LogP contribution in [0.5, 0.6) is 5.75 Å². The van der Waals surface area contributed by atoms with Crippen LogP contribution in [0.15, 0.2) is 30.5 Å². The minimum absolute atomic E-state index is 0.0452. The Balaban J connectivity index is 1.57. The summed E-state index contributed by atoms with van der Waals surface area (Å²) in [6.45, 7) is 1.26. The molecule has 7 nitrogen and oxygen atoms in total. The number of phenolic OH excluding ortho intramolecular Hbond substituents is 1. The third-order valence-corrected chi connectivity index (χ3v) is 4.40. The molecule has 2 N–H and O–H groups in total. The molecule has 1 amide bonds. The zero-order valence-corrected chi connectivity index (χ0v) is 14.1. The summed E-state index contributed by atoms with van der Waals surface area (Å²) in [5.41, 5.74) is 0.614. The van der Waals surface area contributed by atoms with E-state index in [1.807, 2.05) is 4.68 Å². The van der Waals surface area contributed by atoms with Crippen molar-refractivity contribution in [1.29, 1.82) is 0 Å². The molecule has 0 bridgehead atoms. The molecule has 0 unspecified atom stereocenters. The van der Waals surface area contributed by atoms with E-state index in [-0.39, 0.29) is 11.3 Å². The van der Waals surface area contributed by atoms with Gasteiger partial charge in [-0.3, -0.25) is 4.79 Å². The van der Waals surface area contributed by atoms with Crippen LogP contribution >= 0.6 is 0 Å². The van der Waals surface area contributed by atoms with Gasteiger partial charge in [-0.05, 0) is 31.4 Å². The summed E-state index contributed by atoms with van der Waals surface area (Å²) in [6, 6.07) is 6.81. The molecule has 1 aromatic heterocycles. The van der Waals surface area contributed by atoms with E-state index in [2.05, 4.69) is 10.4 Å². The maximum Gasteiger partial charge on any atom is 0.342 e. The molecule has 1 saturated carbocycles. The highest BCUT2D eigenvalue weighted by Gasteiger charge is 2.21. The number of anilines is 1. The Labute approximate surface area is 145 Å². The number of carbonyl (C=O) groups is 2. The first-order chi connectivity index (χ1) is 12.1. The van der Waals surface area contributed by atoms with Gasteiger partial charge < -0.3 is 15.2 Å². The number of nitrogens with one attached hydrogen (secondary N) is 1. The summed E-state index contributed by atoms with van der Waals surface area (Å²) in [6.07, 6.45) is 6.06. The number of para-hydroxylation sites is 1. The van der Waals surface area contributed by atoms with Gasteiger partial charge in [0.05, 0.1) is 12.2 Å². The predicted molar refractivity (Wildman–Crippen MR) is 91.5 cm³/mol. The summed E-state index contributed by atoms with van der Waals surface area (Å²) in [5.74, 6) is -0.709. The van der Waals surface area contributed by atoms with Crippen molar-refractivity contribution in [2.24, 2.45) is 0 Å². The maximum absolute atomic E-state index is 12.1. The van der Waals surface area contributed by atoms with E-state index in [1.54, 1.807) is 31.3 Å². The Bertz CT molecular complexity index is 778. The van der Waals surface area contributed by atoms with E-state index in [4.69, 9.17) is 4.74 Å². The summed E-state index contributed by atoms with van der Waals surface area (Å²) >= 11 is 0. The van der Waals surface area contributed by atoms with Gasteiger partial charge in [0.15, 0.2) is 6.61 Å². The molecule has 7 heteroatoms. The van der Waals surface area contributed by atoms with Crippen LogP contribution in [0.4, 0.5) is 5.82 Å². The number of aryl methyl sites for hydroxylation is 1. The zero-order chi connectivity index (χ0) is 17.8. The van der Waals surface area contributed by atoms with Crippen LogP contribution < -0.4 is 5.32 Å². The molecule has 1 aliphatic carbocycles. The third-order valence-electron chi connectivity index (χ3n) is 4.40. The van der Waals surface area contributed by atoms with Gasteiger partial charge in [0, 0.05) is 6.07 Å². The number of aromatic nitrogens is 2. The number of esters is 1. The highest BCUT2D eigenvalue weighted by molar-refractivity contribution is 5.96. The molecular formula is C18H21N3O4. The first-order valence-corrected chi connectivity index (χ1v) is 8.35. The molecule has 2 aromatic rings. The van der Waals surface area contributed by atoms with Gasteiger partial charge in [-0.15, -0.1) is 0 Å². The lowest BCUT2D eigenvalue weighted by atomic mass is 10.1. The van der Waals surface area contributed by atoms with Crippen LogP contribution in [-0.2, 0) is 9.53 Å². The normalized spacial score (nSPS) is 14.4. The zero-order valence-electron chi connectivity index (χ0n) is 14.1. The quantitative estimate of drug-likeness (QED) is 0.814. The summed E-state index contributed by atoms with van der Waals surface area (Å²) in [7, 11) is 0. The molecule has 1 heterocycles. The number of nitrogens with zero attached hydrogens (tertiary/aromatic N) is 2. The third kappa shape index (κ3) is 3.81. The minimum atomic E-state index is -0.736. The Kier molecular flexibility index (Phi) is 5.02. The first kappa shape index (κ1) is 17.0. The van der Waals surface area contributed by atoms with Crippen molar-refractivity contribution in [1.82, 2.24) is 9.78 Å². The fraction of sp³-hybridized carbons (Fsp3) is 0.389. The molecule has 132 valence electrons. The van der Waals surface area contributed by atoms with Crippen molar-refractivity contribution in [3.63, 3.8) is 0 Å². The summed E-state index contributed by atoms with van der Waals surface area (Å²) in [5, 5.41) is 16.9. The average molecular weight is 343 g/mol. The largest absolute Gasteiger partial charge is 0.507 e. The lowest BCUT2D eigenvalue weighted by molar-refractivity contribution is -0.119. The van der Waals surface area contributed by atoms with Crippen molar-refractivity contribution >= 4 is 17.7 Å². The average Bonchev–Trinajstić information content (AvgIpc) is 3.26. The number of carbonyl (C=O) groups excluding carboxylic acids is 2. The van der Waals surface area contributed by atoms with Gasteiger partial charge >= 0.3 is 5.97 Å². The Hall–Kier alpha value is -2.83. The van der Waals surface area contributed by atoms with Gasteiger partial charge in [0.25, 0.3) is 5.91 Å². The minimum Gasteiger partial charge on any atom is -0.507 e. The molecule has 1 fully saturated rings. The van der Waals surface area contributed by atoms with Gasteiger partial charge in [-0.25, -0.2) is 9.48 Å². The van der Waals surface area contributed by atoms with Crippen LogP contribution in [0, 0.1) is 6.92 Å². The number of phenols is 1. The van der Waals surface area contributed by atoms with Crippen molar-refractivity contribution < 1.29 is 19.4 Å². The highest BCUT2D eigenvalue weighted by atomic mass is 16.5. The van der Waals surface area contributed by atoms with Crippen molar-refractivity contribution in [3.8, 4) is 5.75 Å². The van der Waals surface area contributed by atoms with E-state index in [0.717, 1.165) is 25.7 Å². The van der Waals surface area contributed by atoms with Gasteiger partial charge in [0.2, 0.25) is 0 Å². The van der Waals surface area contributed by atoms with Crippen molar-refractivity contribution in [2.75, 3.05) is 11.9 Å². The first-order valence-electron chi connectivity index (χ1n) is 8.35. The predicted octanol–water partition coefficient (Wildman–Crippen LogP) is 2.81. The number of benzene rings is 1. The standard InChI is InChI=1S/C18H21N3O4/c1-12-5-4-8-14(17(12)23)18(24)25-11-16(22)20-15-9-10-19-21(15)13-6-2-3-7-13/h4-5,8-10,13,23H,2-3,6-7,11H2,1H3,(H,20,22). The van der Waals surface area contributed by atoms with Crippen molar-refractivity contribution in [3.05, 3.63) is 41.6 Å². The van der Waals surface area contributed by atoms with Gasteiger partial charge in [-0.2, -0.15) is 5.10 Å². The van der Waals surface area contributed by atoms with E-state index in [9.17, 15) is 14.7 Å². The lowest BCUT2D eigenvalue weighted by Gasteiger charge is -2.14. The number of amides is 1. The molecular weight excluding hydrogens is 322 g/mol. The fourth-order valence-electron chi connectivity index (χ4n) is 3.06. The number of aromatic hydroxyl groups is 1. The second kappa shape index (κ2) is 7.38. The molecule has 0 spiro atoms.